The van der Waals surface area contributed by atoms with Crippen LogP contribution < -0.4 is 5.56 Å². The summed E-state index contributed by atoms with van der Waals surface area (Å²) in [5.74, 6) is -0.445. The van der Waals surface area contributed by atoms with E-state index in [0.29, 0.717) is 54.6 Å². The molecule has 204 valence electrons. The molecule has 0 aliphatic carbocycles. The maximum atomic E-state index is 13.5. The standard InChI is InChI=1S/C29H27FN6O3S/c1-19-25(24(33-40-19)15-20-5-3-2-4-6-20)28(38)34-13-11-29(39,12-14-34)17-35-18-31-26-23(27(35)37)16-32-36(26)22-9-7-21(30)8-10-22/h2-10,16,18,39H,11-15,17H2,1H3. The maximum absolute atomic E-state index is 13.5. The zero-order chi connectivity index (χ0) is 27.9. The number of piperidine rings is 1. The van der Waals surface area contributed by atoms with Crippen LogP contribution in [0.25, 0.3) is 16.7 Å². The van der Waals surface area contributed by atoms with Crippen LogP contribution in [-0.2, 0) is 13.0 Å². The number of nitrogens with zero attached hydrogens (tertiary/aromatic N) is 6. The van der Waals surface area contributed by atoms with E-state index in [-0.39, 0.29) is 23.8 Å². The summed E-state index contributed by atoms with van der Waals surface area (Å²) in [4.78, 5) is 33.8. The van der Waals surface area contributed by atoms with Crippen LogP contribution >= 0.6 is 11.5 Å². The Bertz CT molecular complexity index is 1740. The van der Waals surface area contributed by atoms with Gasteiger partial charge in [0.05, 0.1) is 35.3 Å². The SMILES string of the molecule is Cc1snc(Cc2ccccc2)c1C(=O)N1CCC(O)(Cn2cnc3c(cnn3-c3ccc(F)cc3)c2=O)CC1. The van der Waals surface area contributed by atoms with E-state index in [2.05, 4.69) is 14.5 Å². The lowest BCUT2D eigenvalue weighted by Gasteiger charge is -2.38. The fraction of sp³-hybridized carbons (Fsp3) is 0.276. The van der Waals surface area contributed by atoms with Crippen molar-refractivity contribution in [3.05, 3.63) is 105 Å². The van der Waals surface area contributed by atoms with Crippen LogP contribution in [0.4, 0.5) is 4.39 Å². The number of aromatic nitrogens is 5. The van der Waals surface area contributed by atoms with Gasteiger partial charge in [-0.15, -0.1) is 0 Å². The number of likely N-dealkylation sites (tertiary alicyclic amines) is 1. The summed E-state index contributed by atoms with van der Waals surface area (Å²) < 4.78 is 20.7. The number of benzene rings is 2. The largest absolute Gasteiger partial charge is 0.388 e. The summed E-state index contributed by atoms with van der Waals surface area (Å²) in [5, 5.41) is 15.9. The molecular weight excluding hydrogens is 531 g/mol. The molecule has 1 amide bonds. The summed E-state index contributed by atoms with van der Waals surface area (Å²) in [6, 6.07) is 15.7. The summed E-state index contributed by atoms with van der Waals surface area (Å²) in [5.41, 5.74) is 1.95. The zero-order valence-corrected chi connectivity index (χ0v) is 22.6. The quantitative estimate of drug-likeness (QED) is 0.340. The first kappa shape index (κ1) is 26.0. The van der Waals surface area contributed by atoms with Gasteiger partial charge >= 0.3 is 0 Å². The minimum Gasteiger partial charge on any atom is -0.388 e. The second kappa shape index (κ2) is 10.4. The average molecular weight is 559 g/mol. The highest BCUT2D eigenvalue weighted by atomic mass is 32.1. The molecule has 5 aromatic rings. The number of carbonyl (C=O) groups is 1. The predicted molar refractivity (Wildman–Crippen MR) is 149 cm³/mol. The first-order chi connectivity index (χ1) is 19.3. The number of fused-ring (bicyclic) bond motifs is 1. The van der Waals surface area contributed by atoms with E-state index in [4.69, 9.17) is 0 Å². The lowest BCUT2D eigenvalue weighted by atomic mass is 9.90. The van der Waals surface area contributed by atoms with Crippen molar-refractivity contribution < 1.29 is 14.3 Å². The molecule has 0 saturated carbocycles. The second-order valence-corrected chi connectivity index (χ2v) is 11.2. The van der Waals surface area contributed by atoms with Gasteiger partial charge in [-0.1, -0.05) is 30.3 Å². The maximum Gasteiger partial charge on any atom is 0.264 e. The van der Waals surface area contributed by atoms with Crippen LogP contribution in [-0.4, -0.2) is 58.3 Å². The highest BCUT2D eigenvalue weighted by molar-refractivity contribution is 7.06. The second-order valence-electron chi connectivity index (χ2n) is 10.2. The Morgan fingerprint density at radius 1 is 1.10 bits per heavy atom. The van der Waals surface area contributed by atoms with Crippen molar-refractivity contribution in [1.29, 1.82) is 0 Å². The molecule has 9 nitrogen and oxygen atoms in total. The number of aryl methyl sites for hydroxylation is 1. The smallest absolute Gasteiger partial charge is 0.264 e. The molecule has 1 aliphatic rings. The van der Waals surface area contributed by atoms with Crippen molar-refractivity contribution in [3.8, 4) is 5.69 Å². The average Bonchev–Trinajstić information content (AvgIpc) is 3.55. The number of aliphatic hydroxyl groups is 1. The molecule has 1 fully saturated rings. The molecule has 0 bridgehead atoms. The molecule has 11 heteroatoms. The molecule has 4 heterocycles. The van der Waals surface area contributed by atoms with Gasteiger partial charge in [0.1, 0.15) is 17.5 Å². The Balaban J connectivity index is 1.16. The molecule has 1 saturated heterocycles. The van der Waals surface area contributed by atoms with E-state index in [1.54, 1.807) is 17.0 Å². The molecule has 0 radical (unpaired) electrons. The van der Waals surface area contributed by atoms with Crippen molar-refractivity contribution >= 4 is 28.5 Å². The van der Waals surface area contributed by atoms with Crippen LogP contribution in [0.1, 0.15) is 39.3 Å². The van der Waals surface area contributed by atoms with Gasteiger partial charge in [-0.2, -0.15) is 9.47 Å². The Labute approximate surface area is 233 Å². The van der Waals surface area contributed by atoms with E-state index in [0.717, 1.165) is 16.1 Å². The summed E-state index contributed by atoms with van der Waals surface area (Å²) >= 11 is 1.33. The molecule has 1 aliphatic heterocycles. The topological polar surface area (TPSA) is 106 Å². The fourth-order valence-corrected chi connectivity index (χ4v) is 5.89. The molecule has 1 N–H and O–H groups in total. The Kier molecular flexibility index (Phi) is 6.77. The van der Waals surface area contributed by atoms with Gasteiger partial charge in [-0.3, -0.25) is 14.2 Å². The van der Waals surface area contributed by atoms with Gasteiger partial charge in [-0.05, 0) is 61.1 Å². The van der Waals surface area contributed by atoms with E-state index >= 15 is 0 Å². The summed E-state index contributed by atoms with van der Waals surface area (Å²) in [7, 11) is 0. The molecule has 40 heavy (non-hydrogen) atoms. The number of carbonyl (C=O) groups excluding carboxylic acids is 1. The van der Waals surface area contributed by atoms with Gasteiger partial charge in [0.25, 0.3) is 11.5 Å². The van der Waals surface area contributed by atoms with Crippen molar-refractivity contribution in [2.24, 2.45) is 0 Å². The normalized spacial score (nSPS) is 15.0. The van der Waals surface area contributed by atoms with Crippen LogP contribution in [0, 0.1) is 12.7 Å². The lowest BCUT2D eigenvalue weighted by Crippen LogP contribution is -2.49. The highest BCUT2D eigenvalue weighted by Crippen LogP contribution is 2.28. The zero-order valence-electron chi connectivity index (χ0n) is 21.8. The van der Waals surface area contributed by atoms with Gasteiger partial charge in [0.15, 0.2) is 5.65 Å². The molecular formula is C29H27FN6O3S. The number of halogens is 1. The molecule has 0 unspecified atom stereocenters. The van der Waals surface area contributed by atoms with E-state index in [1.807, 2.05) is 37.3 Å². The third-order valence-electron chi connectivity index (χ3n) is 7.43. The summed E-state index contributed by atoms with van der Waals surface area (Å²) in [6.07, 6.45) is 4.06. The van der Waals surface area contributed by atoms with Gasteiger partial charge in [0, 0.05) is 24.4 Å². The van der Waals surface area contributed by atoms with Crippen LogP contribution in [0.15, 0.2) is 71.9 Å². The number of hydrogen-bond donors (Lipinski definition) is 1. The van der Waals surface area contributed by atoms with E-state index < -0.39 is 5.60 Å². The van der Waals surface area contributed by atoms with Crippen LogP contribution in [0.3, 0.4) is 0 Å². The van der Waals surface area contributed by atoms with Crippen molar-refractivity contribution in [3.63, 3.8) is 0 Å². The number of hydrogen-bond acceptors (Lipinski definition) is 7. The molecule has 0 spiro atoms. The Hall–Kier alpha value is -4.22. The first-order valence-corrected chi connectivity index (χ1v) is 13.8. The number of amides is 1. The summed E-state index contributed by atoms with van der Waals surface area (Å²) in [6.45, 7) is 2.69. The first-order valence-electron chi connectivity index (χ1n) is 13.0. The molecule has 6 rings (SSSR count). The molecule has 2 aromatic carbocycles. The Morgan fingerprint density at radius 2 is 1.82 bits per heavy atom. The third kappa shape index (κ3) is 4.93. The van der Waals surface area contributed by atoms with E-state index in [9.17, 15) is 19.1 Å². The van der Waals surface area contributed by atoms with Gasteiger partial charge in [-0.25, -0.2) is 14.1 Å². The van der Waals surface area contributed by atoms with Gasteiger partial charge < -0.3 is 10.0 Å². The Morgan fingerprint density at radius 3 is 2.55 bits per heavy atom. The van der Waals surface area contributed by atoms with Crippen molar-refractivity contribution in [2.75, 3.05) is 13.1 Å². The minimum atomic E-state index is -1.17. The van der Waals surface area contributed by atoms with Gasteiger partial charge in [0.2, 0.25) is 0 Å². The van der Waals surface area contributed by atoms with Crippen molar-refractivity contribution in [1.82, 2.24) is 28.6 Å². The monoisotopic (exact) mass is 558 g/mol. The van der Waals surface area contributed by atoms with Crippen LogP contribution in [0.2, 0.25) is 0 Å². The predicted octanol–water partition coefficient (Wildman–Crippen LogP) is 3.74. The van der Waals surface area contributed by atoms with Crippen molar-refractivity contribution in [2.45, 2.75) is 38.3 Å². The lowest BCUT2D eigenvalue weighted by molar-refractivity contribution is -0.0299. The minimum absolute atomic E-state index is 0.0524. The molecule has 0 atom stereocenters. The third-order valence-corrected chi connectivity index (χ3v) is 8.22. The van der Waals surface area contributed by atoms with E-state index in [1.165, 1.54) is 45.4 Å². The molecule has 3 aromatic heterocycles. The highest BCUT2D eigenvalue weighted by Gasteiger charge is 2.36. The number of rotatable bonds is 6. The fourth-order valence-electron chi connectivity index (χ4n) is 5.19. The van der Waals surface area contributed by atoms with Crippen LogP contribution in [0.5, 0.6) is 0 Å².